The Labute approximate surface area is 147 Å². The Morgan fingerprint density at radius 1 is 1.24 bits per heavy atom. The van der Waals surface area contributed by atoms with Gasteiger partial charge in [-0.05, 0) is 49.4 Å². The van der Waals surface area contributed by atoms with Gasteiger partial charge in [0.05, 0.1) is 24.9 Å². The fraction of sp³-hybridized carbons (Fsp3) is 0.474. The van der Waals surface area contributed by atoms with Crippen molar-refractivity contribution in [3.63, 3.8) is 0 Å². The largest absolute Gasteiger partial charge is 0.497 e. The summed E-state index contributed by atoms with van der Waals surface area (Å²) >= 11 is 0. The summed E-state index contributed by atoms with van der Waals surface area (Å²) in [5, 5.41) is 4.13. The van der Waals surface area contributed by atoms with E-state index < -0.39 is 0 Å². The van der Waals surface area contributed by atoms with Crippen LogP contribution in [0.1, 0.15) is 29.6 Å². The standard InChI is InChI=1S/C19H23N3O3/c1-21-11-14(10-20-21)19(23)22-15-4-3-13(9-15)18(22)12-25-17-7-5-16(24-2)6-8-17/h5-8,10-11,13,15,18H,3-4,9,12H2,1-2H3/t13-,15-,18+/m0/s1. The highest BCUT2D eigenvalue weighted by Gasteiger charge is 2.48. The zero-order chi connectivity index (χ0) is 17.4. The molecule has 1 aliphatic carbocycles. The Bertz CT molecular complexity index is 756. The third kappa shape index (κ3) is 2.97. The molecule has 1 saturated heterocycles. The van der Waals surface area contributed by atoms with Gasteiger partial charge in [-0.1, -0.05) is 0 Å². The molecule has 2 heterocycles. The number of fused-ring (bicyclic) bond motifs is 2. The summed E-state index contributed by atoms with van der Waals surface area (Å²) in [6.45, 7) is 0.527. The number of hydrogen-bond acceptors (Lipinski definition) is 4. The van der Waals surface area contributed by atoms with E-state index >= 15 is 0 Å². The molecule has 0 spiro atoms. The Morgan fingerprint density at radius 2 is 2.00 bits per heavy atom. The second kappa shape index (κ2) is 6.43. The number of carbonyl (C=O) groups is 1. The lowest BCUT2D eigenvalue weighted by Crippen LogP contribution is -2.47. The molecular weight excluding hydrogens is 318 g/mol. The highest BCUT2D eigenvalue weighted by atomic mass is 16.5. The van der Waals surface area contributed by atoms with Crippen LogP contribution < -0.4 is 9.47 Å². The quantitative estimate of drug-likeness (QED) is 0.838. The summed E-state index contributed by atoms with van der Waals surface area (Å²) in [4.78, 5) is 15.0. The molecule has 1 aromatic carbocycles. The van der Waals surface area contributed by atoms with E-state index in [0.29, 0.717) is 24.1 Å². The van der Waals surface area contributed by atoms with Gasteiger partial charge in [0.2, 0.25) is 0 Å². The molecule has 6 heteroatoms. The molecule has 0 radical (unpaired) electrons. The van der Waals surface area contributed by atoms with Gasteiger partial charge in [-0.25, -0.2) is 0 Å². The van der Waals surface area contributed by atoms with Gasteiger partial charge in [0.15, 0.2) is 0 Å². The summed E-state index contributed by atoms with van der Waals surface area (Å²) < 4.78 is 12.8. The lowest BCUT2D eigenvalue weighted by Gasteiger charge is -2.35. The first-order valence-electron chi connectivity index (χ1n) is 8.74. The summed E-state index contributed by atoms with van der Waals surface area (Å²) in [5.41, 5.74) is 0.657. The average Bonchev–Trinajstić information content (AvgIpc) is 3.35. The molecule has 1 aliphatic heterocycles. The number of hydrogen-bond donors (Lipinski definition) is 0. The number of methoxy groups -OCH3 is 1. The van der Waals surface area contributed by atoms with Crippen LogP contribution in [0.25, 0.3) is 0 Å². The number of piperidine rings is 1. The fourth-order valence-electron chi connectivity index (χ4n) is 4.16. The third-order valence-electron chi connectivity index (χ3n) is 5.41. The van der Waals surface area contributed by atoms with Crippen molar-refractivity contribution in [2.24, 2.45) is 13.0 Å². The molecule has 1 amide bonds. The zero-order valence-corrected chi connectivity index (χ0v) is 14.6. The van der Waals surface area contributed by atoms with E-state index in [1.807, 2.05) is 36.2 Å². The van der Waals surface area contributed by atoms with Gasteiger partial charge < -0.3 is 14.4 Å². The molecule has 0 N–H and O–H groups in total. The minimum Gasteiger partial charge on any atom is -0.497 e. The van der Waals surface area contributed by atoms with Crippen LogP contribution in [0.5, 0.6) is 11.5 Å². The number of benzene rings is 1. The van der Waals surface area contributed by atoms with Crippen molar-refractivity contribution in [1.29, 1.82) is 0 Å². The van der Waals surface area contributed by atoms with Crippen molar-refractivity contribution in [2.75, 3.05) is 13.7 Å². The van der Waals surface area contributed by atoms with Gasteiger partial charge in [0, 0.05) is 19.3 Å². The number of nitrogens with zero attached hydrogens (tertiary/aromatic N) is 3. The Balaban J connectivity index is 1.47. The highest BCUT2D eigenvalue weighted by molar-refractivity contribution is 5.94. The number of likely N-dealkylation sites (tertiary alicyclic amines) is 1. The van der Waals surface area contributed by atoms with Gasteiger partial charge in [-0.2, -0.15) is 5.10 Å². The maximum absolute atomic E-state index is 13.0. The molecule has 2 fully saturated rings. The third-order valence-corrected chi connectivity index (χ3v) is 5.41. The van der Waals surface area contributed by atoms with Crippen LogP contribution >= 0.6 is 0 Å². The molecule has 1 aromatic heterocycles. The smallest absolute Gasteiger partial charge is 0.257 e. The SMILES string of the molecule is COc1ccc(OC[C@@H]2[C@H]3CC[C@@H](C3)N2C(=O)c2cnn(C)c2)cc1. The normalized spacial score (nSPS) is 24.6. The molecule has 4 rings (SSSR count). The van der Waals surface area contributed by atoms with E-state index in [2.05, 4.69) is 5.10 Å². The van der Waals surface area contributed by atoms with Gasteiger partial charge in [-0.3, -0.25) is 9.48 Å². The zero-order valence-electron chi connectivity index (χ0n) is 14.6. The first-order chi connectivity index (χ1) is 12.2. The van der Waals surface area contributed by atoms with Crippen molar-refractivity contribution in [2.45, 2.75) is 31.3 Å². The average molecular weight is 341 g/mol. The minimum atomic E-state index is 0.0728. The highest BCUT2D eigenvalue weighted by Crippen LogP contribution is 2.43. The van der Waals surface area contributed by atoms with E-state index in [4.69, 9.17) is 9.47 Å². The molecule has 1 saturated carbocycles. The predicted molar refractivity (Wildman–Crippen MR) is 92.8 cm³/mol. The van der Waals surface area contributed by atoms with Crippen molar-refractivity contribution >= 4 is 5.91 Å². The van der Waals surface area contributed by atoms with Crippen LogP contribution in [0.4, 0.5) is 0 Å². The van der Waals surface area contributed by atoms with Crippen LogP contribution in [0, 0.1) is 5.92 Å². The monoisotopic (exact) mass is 341 g/mol. The summed E-state index contributed by atoms with van der Waals surface area (Å²) in [5.74, 6) is 2.21. The number of aromatic nitrogens is 2. The van der Waals surface area contributed by atoms with Crippen molar-refractivity contribution in [3.8, 4) is 11.5 Å². The number of amides is 1. The summed E-state index contributed by atoms with van der Waals surface area (Å²) in [7, 11) is 3.48. The first kappa shape index (κ1) is 16.0. The maximum atomic E-state index is 13.0. The van der Waals surface area contributed by atoms with E-state index in [1.165, 1.54) is 6.42 Å². The predicted octanol–water partition coefficient (Wildman–Crippen LogP) is 2.50. The number of ether oxygens (including phenoxy) is 2. The lowest BCUT2D eigenvalue weighted by atomic mass is 9.99. The first-order valence-corrected chi connectivity index (χ1v) is 8.74. The van der Waals surface area contributed by atoms with Gasteiger partial charge in [0.1, 0.15) is 18.1 Å². The second-order valence-electron chi connectivity index (χ2n) is 6.90. The molecule has 0 unspecified atom stereocenters. The Morgan fingerprint density at radius 3 is 2.68 bits per heavy atom. The number of carbonyl (C=O) groups excluding carboxylic acids is 1. The molecule has 25 heavy (non-hydrogen) atoms. The molecule has 3 atom stereocenters. The molecular formula is C19H23N3O3. The molecule has 6 nitrogen and oxygen atoms in total. The number of rotatable bonds is 5. The van der Waals surface area contributed by atoms with Crippen molar-refractivity contribution in [1.82, 2.24) is 14.7 Å². The molecule has 132 valence electrons. The van der Waals surface area contributed by atoms with E-state index in [-0.39, 0.29) is 11.9 Å². The van der Waals surface area contributed by atoms with Gasteiger partial charge in [-0.15, -0.1) is 0 Å². The van der Waals surface area contributed by atoms with E-state index in [1.54, 1.807) is 24.2 Å². The second-order valence-corrected chi connectivity index (χ2v) is 6.90. The lowest BCUT2D eigenvalue weighted by molar-refractivity contribution is 0.0505. The van der Waals surface area contributed by atoms with E-state index in [9.17, 15) is 4.79 Å². The Kier molecular flexibility index (Phi) is 4.11. The van der Waals surface area contributed by atoms with E-state index in [0.717, 1.165) is 24.3 Å². The van der Waals surface area contributed by atoms with Crippen LogP contribution in [0.2, 0.25) is 0 Å². The Hall–Kier alpha value is -2.50. The molecule has 2 aromatic rings. The topological polar surface area (TPSA) is 56.6 Å². The van der Waals surface area contributed by atoms with Crippen LogP contribution in [-0.4, -0.2) is 46.4 Å². The minimum absolute atomic E-state index is 0.0728. The summed E-state index contributed by atoms with van der Waals surface area (Å²) in [6.07, 6.45) is 6.79. The van der Waals surface area contributed by atoms with Crippen molar-refractivity contribution < 1.29 is 14.3 Å². The van der Waals surface area contributed by atoms with Crippen LogP contribution in [-0.2, 0) is 7.05 Å². The molecule has 2 aliphatic rings. The van der Waals surface area contributed by atoms with Crippen LogP contribution in [0.15, 0.2) is 36.7 Å². The van der Waals surface area contributed by atoms with Gasteiger partial charge >= 0.3 is 0 Å². The fourth-order valence-corrected chi connectivity index (χ4v) is 4.16. The van der Waals surface area contributed by atoms with Crippen molar-refractivity contribution in [3.05, 3.63) is 42.2 Å². The van der Waals surface area contributed by atoms with Gasteiger partial charge in [0.25, 0.3) is 5.91 Å². The summed E-state index contributed by atoms with van der Waals surface area (Å²) in [6, 6.07) is 8.04. The maximum Gasteiger partial charge on any atom is 0.257 e. The van der Waals surface area contributed by atoms with Crippen LogP contribution in [0.3, 0.4) is 0 Å². The number of aryl methyl sites for hydroxylation is 1. The molecule has 2 bridgehead atoms.